The van der Waals surface area contributed by atoms with Gasteiger partial charge in [0.1, 0.15) is 0 Å². The van der Waals surface area contributed by atoms with Crippen molar-refractivity contribution in [2.45, 2.75) is 6.18 Å². The Balaban J connectivity index is 2.44. The third-order valence-electron chi connectivity index (χ3n) is 1.77. The fourth-order valence-electron chi connectivity index (χ4n) is 1.08. The maximum atomic E-state index is 12.2. The molecule has 0 bridgehead atoms. The van der Waals surface area contributed by atoms with E-state index in [-0.39, 0.29) is 5.13 Å². The number of benzene rings is 1. The predicted molar refractivity (Wildman–Crippen MR) is 66.3 cm³/mol. The molecule has 0 N–H and O–H groups in total. The van der Waals surface area contributed by atoms with E-state index in [9.17, 15) is 13.2 Å². The van der Waals surface area contributed by atoms with Gasteiger partial charge in [-0.2, -0.15) is 13.2 Å². The molecule has 0 amide bonds. The van der Waals surface area contributed by atoms with Gasteiger partial charge in [0.05, 0.1) is 10.2 Å². The van der Waals surface area contributed by atoms with Gasteiger partial charge < -0.3 is 0 Å². The Hall–Kier alpha value is -0.660. The molecule has 0 fully saturated rings. The van der Waals surface area contributed by atoms with Crippen LogP contribution in [0, 0.1) is 0 Å². The summed E-state index contributed by atoms with van der Waals surface area (Å²) in [5.74, 6) is 0. The predicted octanol–water partition coefficient (Wildman–Crippen LogP) is 4.89. The summed E-state index contributed by atoms with van der Waals surface area (Å²) in [5, 5.41) is -1.43. The number of hydrogen-bond acceptors (Lipinski definition) is 3. The molecular formula is C9H3BrClF3N2S. The Morgan fingerprint density at radius 1 is 1.41 bits per heavy atom. The average Bonchev–Trinajstić information content (AvgIpc) is 2.57. The summed E-state index contributed by atoms with van der Waals surface area (Å²) < 4.78 is 38.0. The zero-order valence-electron chi connectivity index (χ0n) is 7.92. The lowest BCUT2D eigenvalue weighted by Gasteiger charge is -2.00. The molecular weight excluding hydrogens is 341 g/mol. The molecule has 0 aliphatic carbocycles. The van der Waals surface area contributed by atoms with Crippen LogP contribution in [0.15, 0.2) is 27.7 Å². The molecule has 0 aliphatic rings. The van der Waals surface area contributed by atoms with Gasteiger partial charge in [-0.1, -0.05) is 38.9 Å². The van der Waals surface area contributed by atoms with E-state index in [2.05, 4.69) is 25.9 Å². The Labute approximate surface area is 111 Å². The Morgan fingerprint density at radius 3 is 2.76 bits per heavy atom. The van der Waals surface area contributed by atoms with Crippen LogP contribution < -0.4 is 0 Å². The van der Waals surface area contributed by atoms with E-state index < -0.39 is 11.3 Å². The summed E-state index contributed by atoms with van der Waals surface area (Å²) in [5.41, 5.74) is 0.578. The minimum Gasteiger partial charge on any atom is -0.218 e. The fourth-order valence-corrected chi connectivity index (χ4v) is 2.39. The lowest BCUT2D eigenvalue weighted by atomic mass is 10.3. The van der Waals surface area contributed by atoms with Gasteiger partial charge in [-0.3, -0.25) is 0 Å². The minimum absolute atomic E-state index is 0.0135. The first-order chi connectivity index (χ1) is 7.86. The zero-order valence-corrected chi connectivity index (χ0v) is 11.1. The number of thiazole rings is 1. The van der Waals surface area contributed by atoms with Crippen molar-refractivity contribution in [1.29, 1.82) is 0 Å². The first-order valence-corrected chi connectivity index (χ1v) is 6.22. The third kappa shape index (κ3) is 2.97. The van der Waals surface area contributed by atoms with Crippen LogP contribution in [0.3, 0.4) is 0 Å². The fraction of sp³-hybridized carbons (Fsp3) is 0.111. The van der Waals surface area contributed by atoms with E-state index in [0.29, 0.717) is 5.52 Å². The largest absolute Gasteiger partial charge is 0.444 e. The van der Waals surface area contributed by atoms with E-state index >= 15 is 0 Å². The SMILES string of the molecule is FC(F)(F)C(Cl)=Nc1nc2cc(Br)ccc2s1. The van der Waals surface area contributed by atoms with Crippen molar-refractivity contribution in [1.82, 2.24) is 4.98 Å². The van der Waals surface area contributed by atoms with E-state index in [1.807, 2.05) is 0 Å². The smallest absolute Gasteiger partial charge is 0.218 e. The number of hydrogen-bond donors (Lipinski definition) is 0. The lowest BCUT2D eigenvalue weighted by molar-refractivity contribution is -0.0558. The van der Waals surface area contributed by atoms with Crippen LogP contribution in [0.2, 0.25) is 0 Å². The van der Waals surface area contributed by atoms with Crippen molar-refractivity contribution in [2.24, 2.45) is 4.99 Å². The summed E-state index contributed by atoms with van der Waals surface area (Å²) in [6.07, 6.45) is -4.64. The number of nitrogens with zero attached hydrogens (tertiary/aromatic N) is 2. The van der Waals surface area contributed by atoms with Crippen LogP contribution in [0.25, 0.3) is 10.2 Å². The van der Waals surface area contributed by atoms with Crippen LogP contribution in [0.4, 0.5) is 18.3 Å². The van der Waals surface area contributed by atoms with Crippen LogP contribution >= 0.6 is 38.9 Å². The third-order valence-corrected chi connectivity index (χ3v) is 3.49. The number of alkyl halides is 3. The average molecular weight is 344 g/mol. The number of aliphatic imine (C=N–C) groups is 1. The van der Waals surface area contributed by atoms with Gasteiger partial charge in [0.25, 0.3) is 0 Å². The molecule has 8 heteroatoms. The first kappa shape index (κ1) is 12.8. The summed E-state index contributed by atoms with van der Waals surface area (Å²) in [6, 6.07) is 5.23. The van der Waals surface area contributed by atoms with Gasteiger partial charge in [0.2, 0.25) is 10.3 Å². The lowest BCUT2D eigenvalue weighted by Crippen LogP contribution is -2.16. The molecule has 2 rings (SSSR count). The van der Waals surface area contributed by atoms with Crippen molar-refractivity contribution < 1.29 is 13.2 Å². The maximum Gasteiger partial charge on any atom is 0.444 e. The number of rotatable bonds is 1. The minimum atomic E-state index is -4.64. The molecule has 17 heavy (non-hydrogen) atoms. The van der Waals surface area contributed by atoms with E-state index in [4.69, 9.17) is 11.6 Å². The van der Waals surface area contributed by atoms with E-state index in [1.165, 1.54) is 0 Å². The van der Waals surface area contributed by atoms with Gasteiger partial charge in [-0.05, 0) is 18.2 Å². The molecule has 1 aromatic heterocycles. The van der Waals surface area contributed by atoms with Crippen LogP contribution in [-0.2, 0) is 0 Å². The monoisotopic (exact) mass is 342 g/mol. The second-order valence-electron chi connectivity index (χ2n) is 3.01. The van der Waals surface area contributed by atoms with Crippen molar-refractivity contribution in [3.8, 4) is 0 Å². The highest BCUT2D eigenvalue weighted by atomic mass is 79.9. The van der Waals surface area contributed by atoms with Gasteiger partial charge in [-0.15, -0.1) is 0 Å². The molecule has 0 aliphatic heterocycles. The van der Waals surface area contributed by atoms with Crippen molar-refractivity contribution in [3.05, 3.63) is 22.7 Å². The maximum absolute atomic E-state index is 12.2. The Bertz CT molecular complexity index is 593. The second kappa shape index (κ2) is 4.55. The van der Waals surface area contributed by atoms with Crippen molar-refractivity contribution >= 4 is 59.4 Å². The highest BCUT2D eigenvalue weighted by molar-refractivity contribution is 9.10. The van der Waals surface area contributed by atoms with E-state index in [0.717, 1.165) is 20.5 Å². The summed E-state index contributed by atoms with van der Waals surface area (Å²) in [7, 11) is 0. The normalized spacial score (nSPS) is 13.4. The highest BCUT2D eigenvalue weighted by Crippen LogP contribution is 2.32. The van der Waals surface area contributed by atoms with Crippen molar-refractivity contribution in [3.63, 3.8) is 0 Å². The van der Waals surface area contributed by atoms with Gasteiger partial charge in [-0.25, -0.2) is 9.98 Å². The molecule has 2 aromatic rings. The molecule has 90 valence electrons. The molecule has 0 saturated heterocycles. The molecule has 2 nitrogen and oxygen atoms in total. The highest BCUT2D eigenvalue weighted by Gasteiger charge is 2.34. The van der Waals surface area contributed by atoms with Gasteiger partial charge in [0, 0.05) is 4.47 Å². The summed E-state index contributed by atoms with van der Waals surface area (Å²) in [4.78, 5) is 7.19. The zero-order chi connectivity index (χ0) is 12.6. The summed E-state index contributed by atoms with van der Waals surface area (Å²) in [6.45, 7) is 0. The first-order valence-electron chi connectivity index (χ1n) is 4.24. The quantitative estimate of drug-likeness (QED) is 0.677. The number of aromatic nitrogens is 1. The molecule has 1 aromatic carbocycles. The van der Waals surface area contributed by atoms with Crippen LogP contribution in [-0.4, -0.2) is 16.3 Å². The molecule has 0 atom stereocenters. The van der Waals surface area contributed by atoms with E-state index in [1.54, 1.807) is 18.2 Å². The summed E-state index contributed by atoms with van der Waals surface area (Å²) >= 11 is 9.33. The number of halogens is 5. The number of fused-ring (bicyclic) bond motifs is 1. The molecule has 0 unspecified atom stereocenters. The molecule has 0 spiro atoms. The molecule has 0 radical (unpaired) electrons. The standard InChI is InChI=1S/C9H3BrClF3N2S/c10-4-1-2-6-5(3-4)15-8(17-6)16-7(11)9(12,13)14/h1-3H. The second-order valence-corrected chi connectivity index (χ2v) is 5.29. The Kier molecular flexibility index (Phi) is 3.42. The topological polar surface area (TPSA) is 25.2 Å². The van der Waals surface area contributed by atoms with Crippen LogP contribution in [0.1, 0.15) is 0 Å². The molecule has 0 saturated carbocycles. The van der Waals surface area contributed by atoms with Crippen molar-refractivity contribution in [2.75, 3.05) is 0 Å². The molecule has 1 heterocycles. The van der Waals surface area contributed by atoms with Gasteiger partial charge in [0.15, 0.2) is 0 Å². The van der Waals surface area contributed by atoms with Crippen LogP contribution in [0.5, 0.6) is 0 Å². The van der Waals surface area contributed by atoms with Gasteiger partial charge >= 0.3 is 6.18 Å². The Morgan fingerprint density at radius 2 is 2.12 bits per heavy atom.